The summed E-state index contributed by atoms with van der Waals surface area (Å²) in [5.74, 6) is -1.34. The number of amides is 1. The molecule has 20 heavy (non-hydrogen) atoms. The maximum absolute atomic E-state index is 13.4. The lowest BCUT2D eigenvalue weighted by molar-refractivity contribution is -0.126. The number of halogens is 1. The van der Waals surface area contributed by atoms with Crippen molar-refractivity contribution in [2.45, 2.75) is 18.2 Å². The molecule has 0 bridgehead atoms. The van der Waals surface area contributed by atoms with Gasteiger partial charge >= 0.3 is 0 Å². The number of primary amides is 1. The van der Waals surface area contributed by atoms with E-state index in [4.69, 9.17) is 11.5 Å². The van der Waals surface area contributed by atoms with Crippen LogP contribution < -0.4 is 11.5 Å². The van der Waals surface area contributed by atoms with Gasteiger partial charge in [0, 0.05) is 13.1 Å². The lowest BCUT2D eigenvalue weighted by Crippen LogP contribution is -2.38. The molecule has 110 valence electrons. The summed E-state index contributed by atoms with van der Waals surface area (Å²) in [5, 5.41) is 0. The smallest absolute Gasteiger partial charge is 0.245 e. The van der Waals surface area contributed by atoms with Gasteiger partial charge in [0.2, 0.25) is 15.9 Å². The minimum absolute atomic E-state index is 0.0272. The van der Waals surface area contributed by atoms with Crippen molar-refractivity contribution in [1.82, 2.24) is 4.31 Å². The summed E-state index contributed by atoms with van der Waals surface area (Å²) in [4.78, 5) is 11.1. The van der Waals surface area contributed by atoms with Gasteiger partial charge in [0.15, 0.2) is 0 Å². The number of rotatable bonds is 3. The van der Waals surface area contributed by atoms with Crippen LogP contribution in [-0.4, -0.2) is 31.7 Å². The molecule has 1 aliphatic rings. The van der Waals surface area contributed by atoms with Crippen LogP contribution in [0, 0.1) is 11.2 Å². The second-order valence-electron chi connectivity index (χ2n) is 5.17. The highest BCUT2D eigenvalue weighted by Crippen LogP contribution is 2.34. The fraction of sp³-hybridized carbons (Fsp3) is 0.417. The van der Waals surface area contributed by atoms with Crippen LogP contribution in [0.1, 0.15) is 13.3 Å². The first-order chi connectivity index (χ1) is 9.18. The zero-order valence-electron chi connectivity index (χ0n) is 11.0. The average molecular weight is 301 g/mol. The Labute approximate surface area is 116 Å². The van der Waals surface area contributed by atoms with E-state index < -0.39 is 32.9 Å². The topological polar surface area (TPSA) is 106 Å². The van der Waals surface area contributed by atoms with Crippen LogP contribution in [0.15, 0.2) is 23.1 Å². The van der Waals surface area contributed by atoms with Gasteiger partial charge in [0.1, 0.15) is 10.7 Å². The Morgan fingerprint density at radius 2 is 2.10 bits per heavy atom. The van der Waals surface area contributed by atoms with E-state index in [2.05, 4.69) is 0 Å². The third-order valence-electron chi connectivity index (χ3n) is 3.66. The largest absolute Gasteiger partial charge is 0.395 e. The van der Waals surface area contributed by atoms with Crippen molar-refractivity contribution in [3.05, 3.63) is 24.0 Å². The van der Waals surface area contributed by atoms with Gasteiger partial charge in [0.25, 0.3) is 0 Å². The van der Waals surface area contributed by atoms with E-state index in [1.54, 1.807) is 6.92 Å². The second kappa shape index (κ2) is 4.71. The Balaban J connectivity index is 2.38. The first-order valence-corrected chi connectivity index (χ1v) is 7.46. The molecule has 1 saturated heterocycles. The third-order valence-corrected chi connectivity index (χ3v) is 5.57. The molecule has 1 heterocycles. The van der Waals surface area contributed by atoms with Crippen LogP contribution in [-0.2, 0) is 14.8 Å². The third kappa shape index (κ3) is 2.25. The molecule has 1 fully saturated rings. The van der Waals surface area contributed by atoms with Gasteiger partial charge in [-0.05, 0) is 25.5 Å². The molecule has 8 heteroatoms. The predicted molar refractivity (Wildman–Crippen MR) is 71.5 cm³/mol. The summed E-state index contributed by atoms with van der Waals surface area (Å²) in [5.41, 5.74) is 9.45. The molecule has 0 spiro atoms. The highest BCUT2D eigenvalue weighted by molar-refractivity contribution is 7.89. The van der Waals surface area contributed by atoms with Gasteiger partial charge in [-0.25, -0.2) is 12.8 Å². The molecule has 0 radical (unpaired) electrons. The lowest BCUT2D eigenvalue weighted by atomic mass is 9.89. The summed E-state index contributed by atoms with van der Waals surface area (Å²) < 4.78 is 39.4. The van der Waals surface area contributed by atoms with Crippen molar-refractivity contribution in [2.75, 3.05) is 18.8 Å². The Morgan fingerprint density at radius 1 is 1.45 bits per heavy atom. The van der Waals surface area contributed by atoms with E-state index in [1.165, 1.54) is 12.1 Å². The summed E-state index contributed by atoms with van der Waals surface area (Å²) in [6.45, 7) is 1.73. The fourth-order valence-corrected chi connectivity index (χ4v) is 3.90. The summed E-state index contributed by atoms with van der Waals surface area (Å²) in [7, 11) is -3.94. The van der Waals surface area contributed by atoms with E-state index in [1.807, 2.05) is 0 Å². The number of nitrogens with zero attached hydrogens (tertiary/aromatic N) is 1. The molecular weight excluding hydrogens is 285 g/mol. The number of carbonyl (C=O) groups excluding carboxylic acids is 1. The number of carbonyl (C=O) groups is 1. The molecule has 1 atom stereocenters. The predicted octanol–water partition coefficient (Wildman–Crippen LogP) is 0.294. The van der Waals surface area contributed by atoms with Gasteiger partial charge in [-0.1, -0.05) is 6.07 Å². The van der Waals surface area contributed by atoms with Crippen LogP contribution in [0.25, 0.3) is 0 Å². The monoisotopic (exact) mass is 301 g/mol. The van der Waals surface area contributed by atoms with Crippen LogP contribution >= 0.6 is 0 Å². The van der Waals surface area contributed by atoms with Crippen LogP contribution in [0.2, 0.25) is 0 Å². The first-order valence-electron chi connectivity index (χ1n) is 6.02. The average Bonchev–Trinajstić information content (AvgIpc) is 2.77. The second-order valence-corrected chi connectivity index (χ2v) is 7.07. The molecular formula is C12H16FN3O3S. The number of nitrogen functional groups attached to an aromatic ring is 1. The highest BCUT2D eigenvalue weighted by atomic mass is 32.2. The van der Waals surface area contributed by atoms with E-state index in [-0.39, 0.29) is 18.0 Å². The van der Waals surface area contributed by atoms with Crippen LogP contribution in [0.4, 0.5) is 10.1 Å². The van der Waals surface area contributed by atoms with Crippen molar-refractivity contribution in [2.24, 2.45) is 11.1 Å². The Bertz CT molecular complexity index is 662. The number of hydrogen-bond donors (Lipinski definition) is 2. The maximum Gasteiger partial charge on any atom is 0.245 e. The number of anilines is 1. The molecule has 0 aromatic heterocycles. The van der Waals surface area contributed by atoms with Gasteiger partial charge in [-0.3, -0.25) is 4.79 Å². The van der Waals surface area contributed by atoms with Crippen molar-refractivity contribution in [3.8, 4) is 0 Å². The van der Waals surface area contributed by atoms with E-state index in [9.17, 15) is 17.6 Å². The molecule has 0 saturated carbocycles. The SMILES string of the molecule is CC1(C(N)=O)CCN(S(=O)(=O)c2cccc(F)c2N)C1. The van der Waals surface area contributed by atoms with Gasteiger partial charge in [-0.2, -0.15) is 4.31 Å². The Kier molecular flexibility index (Phi) is 3.47. The lowest BCUT2D eigenvalue weighted by Gasteiger charge is -2.21. The van der Waals surface area contributed by atoms with E-state index >= 15 is 0 Å². The number of sulfonamides is 1. The number of para-hydroxylation sites is 1. The normalized spacial score (nSPS) is 23.9. The molecule has 0 aliphatic carbocycles. The molecule has 4 N–H and O–H groups in total. The zero-order valence-corrected chi connectivity index (χ0v) is 11.8. The number of benzene rings is 1. The molecule has 1 amide bonds. The first kappa shape index (κ1) is 14.7. The standard InChI is InChI=1S/C12H16FN3O3S/c1-12(11(15)17)5-6-16(7-12)20(18,19)9-4-2-3-8(13)10(9)14/h2-4H,5-7,14H2,1H3,(H2,15,17). The molecule has 2 rings (SSSR count). The van der Waals surface area contributed by atoms with Crippen molar-refractivity contribution in [3.63, 3.8) is 0 Å². The van der Waals surface area contributed by atoms with E-state index in [0.29, 0.717) is 6.42 Å². The molecule has 1 aromatic rings. The molecule has 6 nitrogen and oxygen atoms in total. The maximum atomic E-state index is 13.4. The Morgan fingerprint density at radius 3 is 2.65 bits per heavy atom. The minimum atomic E-state index is -3.94. The van der Waals surface area contributed by atoms with Crippen LogP contribution in [0.3, 0.4) is 0 Å². The zero-order chi connectivity index (χ0) is 15.1. The minimum Gasteiger partial charge on any atom is -0.395 e. The van der Waals surface area contributed by atoms with Gasteiger partial charge in [-0.15, -0.1) is 0 Å². The summed E-state index contributed by atoms with van der Waals surface area (Å²) in [6.07, 6.45) is 0.330. The van der Waals surface area contributed by atoms with Gasteiger partial charge in [0.05, 0.1) is 11.1 Å². The quantitative estimate of drug-likeness (QED) is 0.783. The van der Waals surface area contributed by atoms with Crippen molar-refractivity contribution >= 4 is 21.6 Å². The summed E-state index contributed by atoms with van der Waals surface area (Å²) in [6, 6.07) is 3.61. The Hall–Kier alpha value is -1.67. The van der Waals surface area contributed by atoms with Crippen molar-refractivity contribution in [1.29, 1.82) is 0 Å². The number of nitrogens with two attached hydrogens (primary N) is 2. The van der Waals surface area contributed by atoms with Gasteiger partial charge < -0.3 is 11.5 Å². The van der Waals surface area contributed by atoms with Crippen molar-refractivity contribution < 1.29 is 17.6 Å². The molecule has 1 aromatic carbocycles. The highest BCUT2D eigenvalue weighted by Gasteiger charge is 2.44. The summed E-state index contributed by atoms with van der Waals surface area (Å²) >= 11 is 0. The molecule has 1 aliphatic heterocycles. The molecule has 1 unspecified atom stereocenters. The van der Waals surface area contributed by atoms with E-state index in [0.717, 1.165) is 10.4 Å². The number of hydrogen-bond acceptors (Lipinski definition) is 4. The fourth-order valence-electron chi connectivity index (χ4n) is 2.21. The van der Waals surface area contributed by atoms with Crippen LogP contribution in [0.5, 0.6) is 0 Å².